The highest BCUT2D eigenvalue weighted by Crippen LogP contribution is 2.16. The van der Waals surface area contributed by atoms with Crippen LogP contribution in [0.25, 0.3) is 0 Å². The quantitative estimate of drug-likeness (QED) is 0.0328. The summed E-state index contributed by atoms with van der Waals surface area (Å²) in [5.41, 5.74) is 0. The van der Waals surface area contributed by atoms with Crippen LogP contribution in [0.1, 0.15) is 369 Å². The minimum atomic E-state index is -0.145. The van der Waals surface area contributed by atoms with Crippen LogP contribution in [0.5, 0.6) is 0 Å². The van der Waals surface area contributed by atoms with E-state index >= 15 is 0 Å². The first kappa shape index (κ1) is 86.7. The molecule has 528 valence electrons. The van der Waals surface area contributed by atoms with E-state index in [1.54, 1.807) is 0 Å². The van der Waals surface area contributed by atoms with E-state index in [2.05, 4.69) is 61.3 Å². The number of esters is 4. The molecule has 89 heavy (non-hydrogen) atoms. The molecule has 0 aromatic carbocycles. The molecule has 0 aromatic heterocycles. The molecule has 0 aromatic rings. The zero-order valence-corrected chi connectivity index (χ0v) is 60.4. The van der Waals surface area contributed by atoms with Crippen molar-refractivity contribution in [3.63, 3.8) is 0 Å². The summed E-state index contributed by atoms with van der Waals surface area (Å²) in [4.78, 5) is 61.5. The van der Waals surface area contributed by atoms with Crippen molar-refractivity contribution in [3.8, 4) is 0 Å². The zero-order valence-electron chi connectivity index (χ0n) is 60.4. The Hall–Kier alpha value is -2.28. The van der Waals surface area contributed by atoms with Gasteiger partial charge in [-0.25, -0.2) is 0 Å². The molecule has 0 saturated carbocycles. The van der Waals surface area contributed by atoms with Crippen molar-refractivity contribution >= 4 is 23.9 Å². The Morgan fingerprint density at radius 2 is 0.393 bits per heavy atom. The van der Waals surface area contributed by atoms with Gasteiger partial charge >= 0.3 is 23.9 Å². The van der Waals surface area contributed by atoms with Crippen LogP contribution in [0.3, 0.4) is 0 Å². The number of hydrogen-bond donors (Lipinski definition) is 0. The van der Waals surface area contributed by atoms with E-state index in [-0.39, 0.29) is 23.9 Å². The van der Waals surface area contributed by atoms with Crippen molar-refractivity contribution in [2.45, 2.75) is 369 Å². The lowest BCUT2D eigenvalue weighted by Crippen LogP contribution is -2.38. The summed E-state index contributed by atoms with van der Waals surface area (Å²) < 4.78 is 22.8. The van der Waals surface area contributed by atoms with Crippen molar-refractivity contribution in [3.05, 3.63) is 0 Å². The second-order valence-electron chi connectivity index (χ2n) is 26.9. The molecule has 0 spiro atoms. The van der Waals surface area contributed by atoms with Gasteiger partial charge in [0.15, 0.2) is 0 Å². The van der Waals surface area contributed by atoms with Crippen molar-refractivity contribution in [1.29, 1.82) is 0 Å². The average molecular weight is 1260 g/mol. The Balaban J connectivity index is 5.25. The van der Waals surface area contributed by atoms with Gasteiger partial charge in [-0.3, -0.25) is 19.2 Å². The Labute approximate surface area is 553 Å². The highest BCUT2D eigenvalue weighted by molar-refractivity contribution is 5.71. The van der Waals surface area contributed by atoms with Crippen molar-refractivity contribution in [2.75, 3.05) is 105 Å². The molecule has 0 atom stereocenters. The van der Waals surface area contributed by atoms with Gasteiger partial charge < -0.3 is 38.5 Å². The van der Waals surface area contributed by atoms with Gasteiger partial charge in [0.1, 0.15) is 0 Å². The molecule has 12 heteroatoms. The molecule has 0 aliphatic rings. The van der Waals surface area contributed by atoms with Crippen molar-refractivity contribution < 1.29 is 38.1 Å². The first-order valence-corrected chi connectivity index (χ1v) is 39.2. The maximum absolute atomic E-state index is 13.0. The molecule has 12 nitrogen and oxygen atoms in total. The fourth-order valence-corrected chi connectivity index (χ4v) is 12.0. The van der Waals surface area contributed by atoms with E-state index in [0.717, 1.165) is 123 Å². The number of carbonyl (C=O) groups excluding carboxylic acids is 4. The number of unbranched alkanes of at least 4 members (excludes halogenated alkanes) is 41. The number of rotatable bonds is 74. The fourth-order valence-electron chi connectivity index (χ4n) is 12.0. The van der Waals surface area contributed by atoms with Crippen LogP contribution in [0, 0.1) is 0 Å². The smallest absolute Gasteiger partial charge is 0.307 e. The first-order chi connectivity index (χ1) is 43.7. The van der Waals surface area contributed by atoms with Crippen LogP contribution in [-0.4, -0.2) is 149 Å². The van der Waals surface area contributed by atoms with Crippen LogP contribution in [0.4, 0.5) is 0 Å². The average Bonchev–Trinajstić information content (AvgIpc) is 3.59. The largest absolute Gasteiger partial charge is 0.466 e. The molecular weight excluding hydrogens is 1110 g/mol. The maximum atomic E-state index is 13.0. The number of ether oxygens (including phenoxy) is 4. The van der Waals surface area contributed by atoms with Gasteiger partial charge in [-0.2, -0.15) is 0 Å². The standard InChI is InChI=1S/C77H152N4O8/c1-7-12-17-21-25-29-33-37-41-45-49-70-86-74(82)55-64-80(65-56-75(83)87-71-50-46-42-38-34-30-26-22-18-13-8-2)61-53-59-78(6)68-69-79(60-16-11-5)62-54-63-81(66-57-76(84)88-72-51-47-43-39-35-31-27-23-19-14-9-3)67-58-77(85)89-73-52-48-44-40-36-32-28-24-20-15-10-4/h7-73H2,1-6H3. The van der Waals surface area contributed by atoms with Gasteiger partial charge in [-0.1, -0.05) is 298 Å². The topological polar surface area (TPSA) is 118 Å². The van der Waals surface area contributed by atoms with Gasteiger partial charge in [0, 0.05) is 39.3 Å². The molecule has 0 radical (unpaired) electrons. The molecule has 0 heterocycles. The summed E-state index contributed by atoms with van der Waals surface area (Å²) in [5.74, 6) is -0.573. The van der Waals surface area contributed by atoms with E-state index < -0.39 is 0 Å². The first-order valence-electron chi connectivity index (χ1n) is 39.2. The fraction of sp³-hybridized carbons (Fsp3) is 0.948. The van der Waals surface area contributed by atoms with E-state index in [1.807, 2.05) is 0 Å². The van der Waals surface area contributed by atoms with Crippen LogP contribution < -0.4 is 0 Å². The third-order valence-electron chi connectivity index (χ3n) is 18.2. The third kappa shape index (κ3) is 67.0. The molecule has 0 fully saturated rings. The maximum Gasteiger partial charge on any atom is 0.307 e. The lowest BCUT2D eigenvalue weighted by Gasteiger charge is -2.28. The van der Waals surface area contributed by atoms with Crippen molar-refractivity contribution in [1.82, 2.24) is 19.6 Å². The van der Waals surface area contributed by atoms with Gasteiger partial charge in [0.25, 0.3) is 0 Å². The number of likely N-dealkylation sites (N-methyl/N-ethyl adjacent to an activating group) is 1. The van der Waals surface area contributed by atoms with E-state index in [1.165, 1.54) is 231 Å². The Bertz CT molecular complexity index is 1400. The minimum Gasteiger partial charge on any atom is -0.466 e. The molecule has 0 aliphatic carbocycles. The molecule has 0 amide bonds. The summed E-state index contributed by atoms with van der Waals surface area (Å²) in [5, 5.41) is 0. The lowest BCUT2D eigenvalue weighted by molar-refractivity contribution is -0.146. The molecule has 0 bridgehead atoms. The highest BCUT2D eigenvalue weighted by atomic mass is 16.5. The van der Waals surface area contributed by atoms with Gasteiger partial charge in [0.2, 0.25) is 0 Å². The number of carbonyl (C=O) groups is 4. The van der Waals surface area contributed by atoms with E-state index in [0.29, 0.717) is 78.3 Å². The Morgan fingerprint density at radius 1 is 0.202 bits per heavy atom. The predicted octanol–water partition coefficient (Wildman–Crippen LogP) is 20.4. The molecule has 0 N–H and O–H groups in total. The summed E-state index contributed by atoms with van der Waals surface area (Å²) in [6, 6.07) is 0. The van der Waals surface area contributed by atoms with Crippen molar-refractivity contribution in [2.24, 2.45) is 0 Å². The molecule has 0 unspecified atom stereocenters. The number of hydrogen-bond acceptors (Lipinski definition) is 12. The van der Waals surface area contributed by atoms with E-state index in [9.17, 15) is 19.2 Å². The highest BCUT2D eigenvalue weighted by Gasteiger charge is 2.16. The molecule has 0 aliphatic heterocycles. The number of nitrogens with zero attached hydrogens (tertiary/aromatic N) is 4. The van der Waals surface area contributed by atoms with Gasteiger partial charge in [-0.05, 0) is 84.7 Å². The van der Waals surface area contributed by atoms with Crippen LogP contribution in [0.2, 0.25) is 0 Å². The summed E-state index contributed by atoms with van der Waals surface area (Å²) in [6.45, 7) is 22.1. The summed E-state index contributed by atoms with van der Waals surface area (Å²) in [6.07, 6.45) is 61.2. The summed E-state index contributed by atoms with van der Waals surface area (Å²) >= 11 is 0. The Morgan fingerprint density at radius 3 is 0.629 bits per heavy atom. The van der Waals surface area contributed by atoms with Crippen LogP contribution in [-0.2, 0) is 38.1 Å². The van der Waals surface area contributed by atoms with Gasteiger partial charge in [-0.15, -0.1) is 0 Å². The second-order valence-corrected chi connectivity index (χ2v) is 26.9. The zero-order chi connectivity index (χ0) is 64.8. The summed E-state index contributed by atoms with van der Waals surface area (Å²) in [7, 11) is 2.20. The Kier molecular flexibility index (Phi) is 69.7. The van der Waals surface area contributed by atoms with Crippen LogP contribution >= 0.6 is 0 Å². The van der Waals surface area contributed by atoms with Crippen LogP contribution in [0.15, 0.2) is 0 Å². The molecule has 0 rings (SSSR count). The predicted molar refractivity (Wildman–Crippen MR) is 379 cm³/mol. The third-order valence-corrected chi connectivity index (χ3v) is 18.2. The van der Waals surface area contributed by atoms with Gasteiger partial charge in [0.05, 0.1) is 52.1 Å². The van der Waals surface area contributed by atoms with E-state index in [4.69, 9.17) is 18.9 Å². The molecular formula is C77H152N4O8. The monoisotopic (exact) mass is 1260 g/mol. The molecule has 0 saturated heterocycles. The minimum absolute atomic E-state index is 0.142. The second kappa shape index (κ2) is 71.6. The normalized spacial score (nSPS) is 11.7. The lowest BCUT2D eigenvalue weighted by atomic mass is 10.1. The SMILES string of the molecule is CCCCCCCCCCCCCOC(=O)CCN(CCCN(C)CCN(CCCC)CCCN(CCC(=O)OCCCCCCCCCCCCC)CCC(=O)OCCCCCCCCCCCCC)CCC(=O)OCCCCCCCCCCCCC.